The Bertz CT molecular complexity index is 1330. The summed E-state index contributed by atoms with van der Waals surface area (Å²) >= 11 is 5.84. The maximum atomic E-state index is 13.2. The number of furan rings is 1. The number of carboxylic acid groups (broad SMARTS) is 1. The van der Waals surface area contributed by atoms with Crippen molar-refractivity contribution < 1.29 is 28.7 Å². The van der Waals surface area contributed by atoms with Gasteiger partial charge in [0.2, 0.25) is 17.6 Å². The number of hydrogen-bond acceptors (Lipinski definition) is 7. The molecule has 36 heavy (non-hydrogen) atoms. The number of fused-ring (bicyclic) bond motifs is 1. The molecule has 1 saturated carbocycles. The zero-order valence-corrected chi connectivity index (χ0v) is 20.3. The summed E-state index contributed by atoms with van der Waals surface area (Å²) in [6.07, 6.45) is 3.48. The van der Waals surface area contributed by atoms with Crippen LogP contribution in [0.5, 0.6) is 0 Å². The molecule has 3 amide bonds. The van der Waals surface area contributed by atoms with E-state index < -0.39 is 17.8 Å². The van der Waals surface area contributed by atoms with Crippen LogP contribution < -0.4 is 10.6 Å². The third-order valence-corrected chi connectivity index (χ3v) is 6.29. The lowest BCUT2D eigenvalue weighted by Gasteiger charge is -2.28. The minimum atomic E-state index is -1.27. The van der Waals surface area contributed by atoms with E-state index in [2.05, 4.69) is 20.6 Å². The van der Waals surface area contributed by atoms with Crippen LogP contribution in [-0.2, 0) is 9.59 Å². The zero-order valence-electron chi connectivity index (χ0n) is 19.6. The first-order valence-corrected chi connectivity index (χ1v) is 11.6. The van der Waals surface area contributed by atoms with Crippen molar-refractivity contribution in [2.45, 2.75) is 25.7 Å². The Balaban J connectivity index is 1.60. The molecule has 1 aliphatic carbocycles. The van der Waals surface area contributed by atoms with Crippen molar-refractivity contribution in [2.75, 3.05) is 24.7 Å². The summed E-state index contributed by atoms with van der Waals surface area (Å²) < 4.78 is 5.67. The lowest BCUT2D eigenvalue weighted by molar-refractivity contribution is -0.135. The maximum Gasteiger partial charge on any atom is 0.354 e. The lowest BCUT2D eigenvalue weighted by atomic mass is 9.81. The lowest BCUT2D eigenvalue weighted by Crippen LogP contribution is -2.35. The summed E-state index contributed by atoms with van der Waals surface area (Å²) in [5.41, 5.74) is -0.136. The van der Waals surface area contributed by atoms with Crippen LogP contribution in [0.3, 0.4) is 0 Å². The molecule has 0 bridgehead atoms. The molecule has 1 aliphatic rings. The van der Waals surface area contributed by atoms with Crippen molar-refractivity contribution in [3.05, 3.63) is 46.9 Å². The largest absolute Gasteiger partial charge is 0.477 e. The molecule has 0 spiro atoms. The van der Waals surface area contributed by atoms with Gasteiger partial charge in [-0.3, -0.25) is 14.4 Å². The molecule has 3 aromatic rings. The molecule has 0 radical (unpaired) electrons. The number of rotatable bonds is 6. The van der Waals surface area contributed by atoms with Gasteiger partial charge in [0.15, 0.2) is 5.58 Å². The third-order valence-electron chi connectivity index (χ3n) is 6.06. The molecule has 188 valence electrons. The first-order chi connectivity index (χ1) is 17.1. The highest BCUT2D eigenvalue weighted by Crippen LogP contribution is 2.34. The molecular formula is C24H24ClN5O6. The van der Waals surface area contributed by atoms with Crippen LogP contribution >= 0.6 is 11.6 Å². The standard InChI is InChI=1S/C24H24ClN5O6/c1-30(2)23(33)13-5-3-12(4-6-13)21(31)29-19-18-16(9-8-15(27-18)24(34)35)36-20(19)22(32)28-17-10-7-14(25)11-26-17/h7-13H,3-6H2,1-2H3,(H,29,31)(H,34,35)(H,26,28,32)/t12-,13-. The van der Waals surface area contributed by atoms with E-state index in [1.54, 1.807) is 25.1 Å². The molecular weight excluding hydrogens is 490 g/mol. The SMILES string of the molecule is CN(C)C(=O)[C@H]1CC[C@H](C(=O)Nc2c(C(=O)Nc3ccc(Cl)cn3)oc3ccc(C(=O)O)nc23)CC1. The van der Waals surface area contributed by atoms with Gasteiger partial charge in [0, 0.05) is 32.1 Å². The number of amides is 3. The van der Waals surface area contributed by atoms with Crippen LogP contribution in [0.15, 0.2) is 34.9 Å². The average Bonchev–Trinajstić information content (AvgIpc) is 3.22. The van der Waals surface area contributed by atoms with Crippen molar-refractivity contribution in [2.24, 2.45) is 11.8 Å². The smallest absolute Gasteiger partial charge is 0.354 e. The van der Waals surface area contributed by atoms with Crippen LogP contribution in [0, 0.1) is 11.8 Å². The van der Waals surface area contributed by atoms with E-state index in [4.69, 9.17) is 16.0 Å². The van der Waals surface area contributed by atoms with E-state index in [0.29, 0.717) is 30.7 Å². The number of nitrogens with zero attached hydrogens (tertiary/aromatic N) is 3. The number of nitrogens with one attached hydrogen (secondary N) is 2. The number of carbonyl (C=O) groups excluding carboxylic acids is 3. The number of carboxylic acids is 1. The number of hydrogen-bond donors (Lipinski definition) is 3. The molecule has 12 heteroatoms. The Morgan fingerprint density at radius 2 is 1.72 bits per heavy atom. The highest BCUT2D eigenvalue weighted by Gasteiger charge is 2.32. The van der Waals surface area contributed by atoms with Gasteiger partial charge in [-0.05, 0) is 49.9 Å². The normalized spacial score (nSPS) is 17.4. The van der Waals surface area contributed by atoms with E-state index >= 15 is 0 Å². The minimum absolute atomic E-state index is 0.0314. The van der Waals surface area contributed by atoms with E-state index in [1.807, 2.05) is 0 Å². The van der Waals surface area contributed by atoms with Crippen LogP contribution in [0.4, 0.5) is 11.5 Å². The Morgan fingerprint density at radius 1 is 1.03 bits per heavy atom. The number of pyridine rings is 2. The van der Waals surface area contributed by atoms with E-state index in [1.165, 1.54) is 24.4 Å². The molecule has 0 atom stereocenters. The van der Waals surface area contributed by atoms with E-state index in [0.717, 1.165) is 0 Å². The zero-order chi connectivity index (χ0) is 26.0. The number of halogens is 1. The monoisotopic (exact) mass is 513 g/mol. The number of anilines is 2. The van der Waals surface area contributed by atoms with Gasteiger partial charge in [0.1, 0.15) is 22.7 Å². The summed E-state index contributed by atoms with van der Waals surface area (Å²) in [6.45, 7) is 0. The van der Waals surface area contributed by atoms with Gasteiger partial charge in [-0.1, -0.05) is 11.6 Å². The average molecular weight is 514 g/mol. The second-order valence-electron chi connectivity index (χ2n) is 8.74. The second kappa shape index (κ2) is 10.3. The number of aromatic carboxylic acids is 1. The van der Waals surface area contributed by atoms with Crippen molar-refractivity contribution in [3.8, 4) is 0 Å². The molecule has 0 unspecified atom stereocenters. The number of aromatic nitrogens is 2. The van der Waals surface area contributed by atoms with Gasteiger partial charge < -0.3 is 25.1 Å². The highest BCUT2D eigenvalue weighted by atomic mass is 35.5. The van der Waals surface area contributed by atoms with Gasteiger partial charge in [0.05, 0.1) is 5.02 Å². The summed E-state index contributed by atoms with van der Waals surface area (Å²) in [6, 6.07) is 5.65. The van der Waals surface area contributed by atoms with Gasteiger partial charge >= 0.3 is 5.97 Å². The van der Waals surface area contributed by atoms with Crippen molar-refractivity contribution >= 4 is 57.9 Å². The fraction of sp³-hybridized carbons (Fsp3) is 0.333. The number of carbonyl (C=O) groups is 4. The summed E-state index contributed by atoms with van der Waals surface area (Å²) in [4.78, 5) is 59.5. The Hall–Kier alpha value is -3.99. The van der Waals surface area contributed by atoms with Crippen molar-refractivity contribution in [3.63, 3.8) is 0 Å². The predicted octanol–water partition coefficient (Wildman–Crippen LogP) is 3.66. The molecule has 1 fully saturated rings. The van der Waals surface area contributed by atoms with Gasteiger partial charge in [-0.15, -0.1) is 0 Å². The van der Waals surface area contributed by atoms with E-state index in [9.17, 15) is 24.3 Å². The van der Waals surface area contributed by atoms with Gasteiger partial charge in [-0.25, -0.2) is 14.8 Å². The molecule has 0 aliphatic heterocycles. The van der Waals surface area contributed by atoms with Crippen LogP contribution in [-0.4, -0.2) is 57.8 Å². The Morgan fingerprint density at radius 3 is 2.33 bits per heavy atom. The van der Waals surface area contributed by atoms with Gasteiger partial charge in [-0.2, -0.15) is 0 Å². The molecule has 0 saturated heterocycles. The Kier molecular flexibility index (Phi) is 7.20. The minimum Gasteiger partial charge on any atom is -0.477 e. The Labute approximate surface area is 210 Å². The molecule has 4 rings (SSSR count). The molecule has 3 aromatic heterocycles. The van der Waals surface area contributed by atoms with Crippen LogP contribution in [0.1, 0.15) is 46.7 Å². The molecule has 3 heterocycles. The third kappa shape index (κ3) is 5.30. The summed E-state index contributed by atoms with van der Waals surface area (Å²) in [5.74, 6) is -2.88. The van der Waals surface area contributed by atoms with Gasteiger partial charge in [0.25, 0.3) is 5.91 Å². The quantitative estimate of drug-likeness (QED) is 0.451. The fourth-order valence-corrected chi connectivity index (χ4v) is 4.30. The summed E-state index contributed by atoms with van der Waals surface area (Å²) in [5, 5.41) is 15.0. The topological polar surface area (TPSA) is 155 Å². The maximum absolute atomic E-state index is 13.2. The molecule has 0 aromatic carbocycles. The second-order valence-corrected chi connectivity index (χ2v) is 9.18. The first-order valence-electron chi connectivity index (χ1n) is 11.3. The van der Waals surface area contributed by atoms with Crippen molar-refractivity contribution in [1.29, 1.82) is 0 Å². The molecule has 11 nitrogen and oxygen atoms in total. The van der Waals surface area contributed by atoms with Crippen molar-refractivity contribution in [1.82, 2.24) is 14.9 Å². The van der Waals surface area contributed by atoms with Crippen LogP contribution in [0.2, 0.25) is 5.02 Å². The highest BCUT2D eigenvalue weighted by molar-refractivity contribution is 6.30. The first kappa shape index (κ1) is 25.1. The molecule has 3 N–H and O–H groups in total. The predicted molar refractivity (Wildman–Crippen MR) is 131 cm³/mol. The fourth-order valence-electron chi connectivity index (χ4n) is 4.19. The van der Waals surface area contributed by atoms with Crippen LogP contribution in [0.25, 0.3) is 11.1 Å². The summed E-state index contributed by atoms with van der Waals surface area (Å²) in [7, 11) is 3.41. The van der Waals surface area contributed by atoms with E-state index in [-0.39, 0.29) is 51.8 Å².